The largest absolute Gasteiger partial charge is 0.378 e. The SMILES string of the molecule is CCCn1c(N2CCOCC2)nc2cc(C(=O)N(CC)C3CCN(CC)CC3)ccc21. The van der Waals surface area contributed by atoms with E-state index in [1.54, 1.807) is 0 Å². The van der Waals surface area contributed by atoms with Crippen molar-refractivity contribution in [3.8, 4) is 0 Å². The summed E-state index contributed by atoms with van der Waals surface area (Å²) in [5, 5.41) is 0. The molecule has 1 amide bonds. The Morgan fingerprint density at radius 3 is 2.52 bits per heavy atom. The van der Waals surface area contributed by atoms with Gasteiger partial charge in [-0.15, -0.1) is 0 Å². The second kappa shape index (κ2) is 10.0. The number of ether oxygens (including phenoxy) is 1. The molecule has 0 bridgehead atoms. The van der Waals surface area contributed by atoms with Crippen molar-refractivity contribution in [3.05, 3.63) is 23.8 Å². The molecule has 7 heteroatoms. The number of nitrogens with zero attached hydrogens (tertiary/aromatic N) is 5. The van der Waals surface area contributed by atoms with E-state index in [1.165, 1.54) is 0 Å². The number of aromatic nitrogens is 2. The molecule has 2 saturated heterocycles. The first-order chi connectivity index (χ1) is 15.2. The Morgan fingerprint density at radius 1 is 1.13 bits per heavy atom. The molecule has 1 aromatic heterocycles. The van der Waals surface area contributed by atoms with Gasteiger partial charge in [-0.3, -0.25) is 4.79 Å². The van der Waals surface area contributed by atoms with Crippen LogP contribution in [-0.4, -0.2) is 83.8 Å². The summed E-state index contributed by atoms with van der Waals surface area (Å²) in [6.45, 7) is 14.6. The number of carbonyl (C=O) groups is 1. The van der Waals surface area contributed by atoms with Gasteiger partial charge < -0.3 is 24.0 Å². The molecule has 0 aliphatic carbocycles. The van der Waals surface area contributed by atoms with Crippen molar-refractivity contribution in [1.82, 2.24) is 19.4 Å². The predicted octanol–water partition coefficient (Wildman–Crippen LogP) is 3.23. The van der Waals surface area contributed by atoms with Gasteiger partial charge in [-0.05, 0) is 50.9 Å². The highest BCUT2D eigenvalue weighted by Gasteiger charge is 2.28. The summed E-state index contributed by atoms with van der Waals surface area (Å²) in [4.78, 5) is 25.3. The van der Waals surface area contributed by atoms with Crippen LogP contribution in [0.1, 0.15) is 50.4 Å². The van der Waals surface area contributed by atoms with E-state index in [9.17, 15) is 4.79 Å². The van der Waals surface area contributed by atoms with Crippen LogP contribution < -0.4 is 4.90 Å². The summed E-state index contributed by atoms with van der Waals surface area (Å²) in [5.41, 5.74) is 2.78. The zero-order valence-corrected chi connectivity index (χ0v) is 19.3. The predicted molar refractivity (Wildman–Crippen MR) is 125 cm³/mol. The number of aryl methyl sites for hydroxylation is 1. The van der Waals surface area contributed by atoms with Gasteiger partial charge in [0.1, 0.15) is 0 Å². The molecular weight excluding hydrogens is 390 g/mol. The van der Waals surface area contributed by atoms with E-state index in [2.05, 4.69) is 46.1 Å². The van der Waals surface area contributed by atoms with Gasteiger partial charge in [0.05, 0.1) is 24.2 Å². The van der Waals surface area contributed by atoms with Gasteiger partial charge in [0, 0.05) is 50.9 Å². The lowest BCUT2D eigenvalue weighted by Gasteiger charge is -2.37. The lowest BCUT2D eigenvalue weighted by atomic mass is 10.0. The molecule has 1 aromatic carbocycles. The number of benzene rings is 1. The average Bonchev–Trinajstić information content (AvgIpc) is 3.18. The summed E-state index contributed by atoms with van der Waals surface area (Å²) in [5.74, 6) is 1.14. The van der Waals surface area contributed by atoms with E-state index in [0.29, 0.717) is 6.04 Å². The molecule has 0 unspecified atom stereocenters. The first-order valence-electron chi connectivity index (χ1n) is 12.0. The minimum Gasteiger partial charge on any atom is -0.378 e. The molecule has 170 valence electrons. The van der Waals surface area contributed by atoms with Gasteiger partial charge in [0.25, 0.3) is 5.91 Å². The fourth-order valence-corrected chi connectivity index (χ4v) is 4.98. The third-order valence-electron chi connectivity index (χ3n) is 6.76. The monoisotopic (exact) mass is 427 g/mol. The van der Waals surface area contributed by atoms with Crippen molar-refractivity contribution in [2.24, 2.45) is 0 Å². The third kappa shape index (κ3) is 4.58. The topological polar surface area (TPSA) is 53.8 Å². The Balaban J connectivity index is 1.59. The molecule has 3 heterocycles. The maximum absolute atomic E-state index is 13.4. The Morgan fingerprint density at radius 2 is 1.87 bits per heavy atom. The van der Waals surface area contributed by atoms with Gasteiger partial charge in [-0.25, -0.2) is 4.98 Å². The Bertz CT molecular complexity index is 881. The molecule has 0 N–H and O–H groups in total. The standard InChI is InChI=1S/C24H37N5O2/c1-4-11-29-22-8-7-19(18-21(22)25-24(29)27-14-16-31-17-15-27)23(30)28(6-3)20-9-12-26(5-2)13-10-20/h7-8,18,20H,4-6,9-17H2,1-3H3. The van der Waals surface area contributed by atoms with Gasteiger partial charge in [0.15, 0.2) is 0 Å². The number of hydrogen-bond acceptors (Lipinski definition) is 5. The number of carbonyl (C=O) groups excluding carboxylic acids is 1. The quantitative estimate of drug-likeness (QED) is 0.679. The van der Waals surface area contributed by atoms with E-state index >= 15 is 0 Å². The van der Waals surface area contributed by atoms with E-state index in [-0.39, 0.29) is 5.91 Å². The smallest absolute Gasteiger partial charge is 0.254 e. The van der Waals surface area contributed by atoms with Crippen molar-refractivity contribution < 1.29 is 9.53 Å². The summed E-state index contributed by atoms with van der Waals surface area (Å²) >= 11 is 0. The Kier molecular flexibility index (Phi) is 7.13. The number of morpholine rings is 1. The summed E-state index contributed by atoms with van der Waals surface area (Å²) in [6, 6.07) is 6.41. The van der Waals surface area contributed by atoms with Crippen LogP contribution in [0.2, 0.25) is 0 Å². The van der Waals surface area contributed by atoms with Gasteiger partial charge >= 0.3 is 0 Å². The maximum atomic E-state index is 13.4. The minimum atomic E-state index is 0.136. The molecule has 2 aliphatic rings. The molecule has 2 aromatic rings. The normalized spacial score (nSPS) is 18.6. The first kappa shape index (κ1) is 22.1. The lowest BCUT2D eigenvalue weighted by Crippen LogP contribution is -2.47. The van der Waals surface area contributed by atoms with Crippen LogP contribution in [-0.2, 0) is 11.3 Å². The lowest BCUT2D eigenvalue weighted by molar-refractivity contribution is 0.0592. The van der Waals surface area contributed by atoms with Crippen LogP contribution in [0.3, 0.4) is 0 Å². The summed E-state index contributed by atoms with van der Waals surface area (Å²) < 4.78 is 7.82. The number of rotatable bonds is 7. The number of anilines is 1. The van der Waals surface area contributed by atoms with Crippen LogP contribution in [0, 0.1) is 0 Å². The van der Waals surface area contributed by atoms with Crippen molar-refractivity contribution >= 4 is 22.9 Å². The zero-order valence-electron chi connectivity index (χ0n) is 19.3. The molecular formula is C24H37N5O2. The molecule has 0 saturated carbocycles. The molecule has 0 atom stereocenters. The van der Waals surface area contributed by atoms with Crippen LogP contribution in [0.4, 0.5) is 5.95 Å². The third-order valence-corrected chi connectivity index (χ3v) is 6.76. The zero-order chi connectivity index (χ0) is 21.8. The number of imidazole rings is 1. The maximum Gasteiger partial charge on any atom is 0.254 e. The van der Waals surface area contributed by atoms with Gasteiger partial charge in [-0.2, -0.15) is 0 Å². The van der Waals surface area contributed by atoms with E-state index in [4.69, 9.17) is 9.72 Å². The second-order valence-electron chi connectivity index (χ2n) is 8.62. The van der Waals surface area contributed by atoms with Gasteiger partial charge in [-0.1, -0.05) is 13.8 Å². The fraction of sp³-hybridized carbons (Fsp3) is 0.667. The van der Waals surface area contributed by atoms with Gasteiger partial charge in [0.2, 0.25) is 5.95 Å². The molecule has 31 heavy (non-hydrogen) atoms. The molecule has 0 spiro atoms. The second-order valence-corrected chi connectivity index (χ2v) is 8.62. The minimum absolute atomic E-state index is 0.136. The van der Waals surface area contributed by atoms with Crippen LogP contribution in [0.5, 0.6) is 0 Å². The van der Waals surface area contributed by atoms with Crippen molar-refractivity contribution in [2.45, 2.75) is 52.6 Å². The number of likely N-dealkylation sites (tertiary alicyclic amines) is 1. The van der Waals surface area contributed by atoms with Crippen LogP contribution in [0.25, 0.3) is 11.0 Å². The van der Waals surface area contributed by atoms with Crippen LogP contribution >= 0.6 is 0 Å². The number of amides is 1. The Labute approximate surface area is 185 Å². The fourth-order valence-electron chi connectivity index (χ4n) is 4.98. The van der Waals surface area contributed by atoms with E-state index in [1.807, 2.05) is 12.1 Å². The summed E-state index contributed by atoms with van der Waals surface area (Å²) in [7, 11) is 0. The molecule has 4 rings (SSSR count). The number of fused-ring (bicyclic) bond motifs is 1. The molecule has 0 radical (unpaired) electrons. The number of piperidine rings is 1. The summed E-state index contributed by atoms with van der Waals surface area (Å²) in [6.07, 6.45) is 3.16. The first-order valence-corrected chi connectivity index (χ1v) is 12.0. The van der Waals surface area contributed by atoms with Crippen molar-refractivity contribution in [2.75, 3.05) is 57.4 Å². The van der Waals surface area contributed by atoms with E-state index < -0.39 is 0 Å². The Hall–Kier alpha value is -2.12. The highest BCUT2D eigenvalue weighted by atomic mass is 16.5. The number of hydrogen-bond donors (Lipinski definition) is 0. The average molecular weight is 428 g/mol. The van der Waals surface area contributed by atoms with Crippen LogP contribution in [0.15, 0.2) is 18.2 Å². The van der Waals surface area contributed by atoms with Crippen molar-refractivity contribution in [1.29, 1.82) is 0 Å². The molecule has 7 nitrogen and oxygen atoms in total. The molecule has 2 fully saturated rings. The highest BCUT2D eigenvalue weighted by molar-refractivity contribution is 5.98. The highest BCUT2D eigenvalue weighted by Crippen LogP contribution is 2.26. The van der Waals surface area contributed by atoms with E-state index in [0.717, 1.165) is 101 Å². The molecule has 2 aliphatic heterocycles. The van der Waals surface area contributed by atoms with Crippen molar-refractivity contribution in [3.63, 3.8) is 0 Å².